The van der Waals surface area contributed by atoms with Crippen molar-refractivity contribution in [2.24, 2.45) is 0 Å². The third-order valence-electron chi connectivity index (χ3n) is 14.9. The first kappa shape index (κ1) is 74.5. The minimum Gasteiger partial charge on any atom is -0.545 e. The zero-order chi connectivity index (χ0) is 56.2. The number of rotatable bonds is 62. The number of allylic oxidation sites excluding steroid dienone is 6. The van der Waals surface area contributed by atoms with Crippen molar-refractivity contribution in [3.05, 3.63) is 36.5 Å². The minimum atomic E-state index is -1.62. The maximum absolute atomic E-state index is 12.9. The van der Waals surface area contributed by atoms with Crippen LogP contribution < -0.4 is 5.11 Å². The normalized spacial score (nSPS) is 12.9. The fourth-order valence-electron chi connectivity index (χ4n) is 9.78. The van der Waals surface area contributed by atoms with Gasteiger partial charge in [0, 0.05) is 12.8 Å². The molecule has 0 aromatic carbocycles. The lowest BCUT2D eigenvalue weighted by molar-refractivity contribution is -0.870. The molecule has 0 N–H and O–H groups in total. The summed E-state index contributed by atoms with van der Waals surface area (Å²) in [5, 5.41) is 11.8. The van der Waals surface area contributed by atoms with Gasteiger partial charge in [0.15, 0.2) is 12.4 Å². The Morgan fingerprint density at radius 3 is 1.04 bits per heavy atom. The zero-order valence-electron chi connectivity index (χ0n) is 51.6. The van der Waals surface area contributed by atoms with Crippen LogP contribution in [0.15, 0.2) is 36.5 Å². The number of aliphatic carboxylic acids is 1. The minimum absolute atomic E-state index is 0.151. The molecule has 2 atom stereocenters. The number of carboxylic acids is 1. The maximum atomic E-state index is 12.9. The van der Waals surface area contributed by atoms with E-state index in [9.17, 15) is 19.5 Å². The van der Waals surface area contributed by atoms with Gasteiger partial charge in [-0.3, -0.25) is 9.59 Å². The molecule has 0 bridgehead atoms. The van der Waals surface area contributed by atoms with Gasteiger partial charge in [0.2, 0.25) is 0 Å². The van der Waals surface area contributed by atoms with E-state index in [1.54, 1.807) is 0 Å². The van der Waals surface area contributed by atoms with E-state index in [-0.39, 0.29) is 32.2 Å². The smallest absolute Gasteiger partial charge is 0.306 e. The number of hydrogen-bond donors (Lipinski definition) is 0. The summed E-state index contributed by atoms with van der Waals surface area (Å²) in [6.45, 7) is 4.79. The van der Waals surface area contributed by atoms with Crippen molar-refractivity contribution >= 4 is 17.9 Å². The van der Waals surface area contributed by atoms with E-state index in [4.69, 9.17) is 18.9 Å². The third-order valence-corrected chi connectivity index (χ3v) is 14.9. The van der Waals surface area contributed by atoms with Crippen molar-refractivity contribution in [3.63, 3.8) is 0 Å². The van der Waals surface area contributed by atoms with Gasteiger partial charge in [-0.25, -0.2) is 0 Å². The van der Waals surface area contributed by atoms with Crippen molar-refractivity contribution in [2.45, 2.75) is 334 Å². The van der Waals surface area contributed by atoms with Crippen molar-refractivity contribution in [2.75, 3.05) is 47.5 Å². The molecule has 0 saturated carbocycles. The van der Waals surface area contributed by atoms with Crippen LogP contribution >= 0.6 is 0 Å². The second kappa shape index (κ2) is 59.6. The number of carbonyl (C=O) groups is 3. The van der Waals surface area contributed by atoms with Crippen LogP contribution in [0.25, 0.3) is 0 Å². The zero-order valence-corrected chi connectivity index (χ0v) is 51.6. The lowest BCUT2D eigenvalue weighted by atomic mass is 10.0. The first-order chi connectivity index (χ1) is 37.6. The number of hydrogen-bond acceptors (Lipinski definition) is 8. The second-order valence-electron chi connectivity index (χ2n) is 23.8. The summed E-state index contributed by atoms with van der Waals surface area (Å²) in [6, 6.07) is 0. The number of ether oxygens (including phenoxy) is 4. The van der Waals surface area contributed by atoms with E-state index < -0.39 is 24.3 Å². The molecule has 0 fully saturated rings. The molecule has 9 nitrogen and oxygen atoms in total. The Bertz CT molecular complexity index is 1360. The number of esters is 2. The number of likely N-dealkylation sites (N-methyl/N-ethyl adjacent to an activating group) is 1. The lowest BCUT2D eigenvalue weighted by Gasteiger charge is -2.26. The van der Waals surface area contributed by atoms with E-state index in [0.717, 1.165) is 51.4 Å². The first-order valence-corrected chi connectivity index (χ1v) is 33.1. The third kappa shape index (κ3) is 61.0. The molecular formula is C68H127NO8. The molecule has 0 heterocycles. The average molecular weight is 1090 g/mol. The molecule has 0 amide bonds. The van der Waals surface area contributed by atoms with Crippen LogP contribution in [0.1, 0.15) is 322 Å². The summed E-state index contributed by atoms with van der Waals surface area (Å²) in [5.41, 5.74) is 0. The largest absolute Gasteiger partial charge is 0.545 e. The average Bonchev–Trinajstić information content (AvgIpc) is 3.40. The molecule has 2 unspecified atom stereocenters. The molecular weight excluding hydrogens is 959 g/mol. The fraction of sp³-hybridized carbons (Fsp3) is 0.868. The number of carbonyl (C=O) groups excluding carboxylic acids is 3. The first-order valence-electron chi connectivity index (χ1n) is 33.1. The Morgan fingerprint density at radius 2 is 0.701 bits per heavy atom. The summed E-state index contributed by atoms with van der Waals surface area (Å²) < 4.78 is 22.8. The lowest BCUT2D eigenvalue weighted by Crippen LogP contribution is -2.44. The predicted octanol–water partition coefficient (Wildman–Crippen LogP) is 18.7. The second-order valence-corrected chi connectivity index (χ2v) is 23.8. The SMILES string of the molecule is CCCCCCC/C=C\C/C=C\C/C=C\CCCCCCCCCCCCCCCCCCCCC(=O)OC(COC(=O)CCCCCCCCCCCCCCCCCCCCC)COC(OCC[N+](C)(C)C)C(=O)[O-]. The van der Waals surface area contributed by atoms with Crippen LogP contribution in [0.2, 0.25) is 0 Å². The van der Waals surface area contributed by atoms with Crippen molar-refractivity contribution < 1.29 is 42.9 Å². The molecule has 0 aliphatic rings. The highest BCUT2D eigenvalue weighted by Gasteiger charge is 2.22. The van der Waals surface area contributed by atoms with E-state index in [1.807, 2.05) is 21.1 Å². The number of carboxylic acid groups (broad SMARTS) is 1. The molecule has 0 aromatic heterocycles. The van der Waals surface area contributed by atoms with Gasteiger partial charge >= 0.3 is 11.9 Å². The molecule has 452 valence electrons. The summed E-state index contributed by atoms with van der Waals surface area (Å²) in [4.78, 5) is 37.4. The maximum Gasteiger partial charge on any atom is 0.306 e. The molecule has 0 aromatic rings. The van der Waals surface area contributed by atoms with E-state index in [1.165, 1.54) is 244 Å². The summed E-state index contributed by atoms with van der Waals surface area (Å²) >= 11 is 0. The van der Waals surface area contributed by atoms with Gasteiger partial charge in [0.1, 0.15) is 13.2 Å². The number of quaternary nitrogens is 1. The van der Waals surface area contributed by atoms with Gasteiger partial charge in [0.25, 0.3) is 0 Å². The van der Waals surface area contributed by atoms with Gasteiger partial charge in [-0.1, -0.05) is 294 Å². The predicted molar refractivity (Wildman–Crippen MR) is 325 cm³/mol. The van der Waals surface area contributed by atoms with Crippen LogP contribution in [0.3, 0.4) is 0 Å². The Labute approximate surface area is 477 Å². The van der Waals surface area contributed by atoms with Gasteiger partial charge in [-0.15, -0.1) is 0 Å². The quantitative estimate of drug-likeness (QED) is 0.0195. The summed E-state index contributed by atoms with van der Waals surface area (Å²) in [7, 11) is 5.94. The summed E-state index contributed by atoms with van der Waals surface area (Å²) in [6.07, 6.45) is 70.7. The fourth-order valence-corrected chi connectivity index (χ4v) is 9.78. The van der Waals surface area contributed by atoms with Gasteiger partial charge < -0.3 is 33.3 Å². The molecule has 0 aliphatic carbocycles. The highest BCUT2D eigenvalue weighted by atomic mass is 16.7. The molecule has 0 saturated heterocycles. The number of nitrogens with zero attached hydrogens (tertiary/aromatic N) is 1. The summed E-state index contributed by atoms with van der Waals surface area (Å²) in [5.74, 6) is -2.26. The molecule has 0 aliphatic heterocycles. The molecule has 0 radical (unpaired) electrons. The van der Waals surface area contributed by atoms with E-state index in [0.29, 0.717) is 17.4 Å². The van der Waals surface area contributed by atoms with E-state index >= 15 is 0 Å². The van der Waals surface area contributed by atoms with Crippen molar-refractivity contribution in [1.29, 1.82) is 0 Å². The van der Waals surface area contributed by atoms with Crippen LogP contribution in [-0.4, -0.2) is 82.3 Å². The van der Waals surface area contributed by atoms with Crippen LogP contribution in [0.4, 0.5) is 0 Å². The Hall–Kier alpha value is -2.49. The standard InChI is InChI=1S/C68H127NO8/c1-6-8-10-12-14-16-18-20-22-24-26-27-28-29-30-31-32-33-34-35-36-37-38-39-41-43-45-47-49-51-53-55-57-59-66(71)77-64(63-76-68(67(72)73)74-61-60-69(3,4)5)62-75-65(70)58-56-54-52-50-48-46-44-42-40-25-23-21-19-17-15-13-11-9-7-2/h18,20,24,26,28-29,64,68H,6-17,19,21-23,25,27,30-63H2,1-5H3/b20-18-,26-24-,29-28-. The molecule has 9 heteroatoms. The molecule has 0 spiro atoms. The molecule has 77 heavy (non-hydrogen) atoms. The highest BCUT2D eigenvalue weighted by Crippen LogP contribution is 2.18. The monoisotopic (exact) mass is 1090 g/mol. The van der Waals surface area contributed by atoms with Gasteiger partial charge in [0.05, 0.1) is 40.3 Å². The molecule has 0 rings (SSSR count). The highest BCUT2D eigenvalue weighted by molar-refractivity contribution is 5.70. The van der Waals surface area contributed by atoms with E-state index in [2.05, 4.69) is 50.3 Å². The Kier molecular flexibility index (Phi) is 57.7. The topological polar surface area (TPSA) is 111 Å². The van der Waals surface area contributed by atoms with Gasteiger partial charge in [-0.05, 0) is 51.4 Å². The van der Waals surface area contributed by atoms with Crippen LogP contribution in [0.5, 0.6) is 0 Å². The Balaban J connectivity index is 4.07. The van der Waals surface area contributed by atoms with Crippen LogP contribution in [-0.2, 0) is 33.3 Å². The van der Waals surface area contributed by atoms with Gasteiger partial charge in [-0.2, -0.15) is 0 Å². The van der Waals surface area contributed by atoms with Crippen LogP contribution in [0, 0.1) is 0 Å². The Morgan fingerprint density at radius 1 is 0.390 bits per heavy atom. The number of unbranched alkanes of at least 4 members (excludes halogenated alkanes) is 41. The van der Waals surface area contributed by atoms with Crippen molar-refractivity contribution in [3.8, 4) is 0 Å². The van der Waals surface area contributed by atoms with Crippen molar-refractivity contribution in [1.82, 2.24) is 0 Å².